The highest BCUT2D eigenvalue weighted by atomic mass is 28.5. The quantitative estimate of drug-likeness (QED) is 0.528. The fourth-order valence-electron chi connectivity index (χ4n) is 3.62. The summed E-state index contributed by atoms with van der Waals surface area (Å²) in [6.07, 6.45) is 6.33. The molecule has 0 amide bonds. The van der Waals surface area contributed by atoms with Crippen molar-refractivity contribution in [1.29, 1.82) is 0 Å². The highest BCUT2D eigenvalue weighted by Gasteiger charge is 2.49. The van der Waals surface area contributed by atoms with Crippen LogP contribution in [0.15, 0.2) is 12.2 Å². The van der Waals surface area contributed by atoms with Crippen LogP contribution in [-0.2, 0) is 25.7 Å². The molecule has 1 heterocycles. The molecule has 6 nitrogen and oxygen atoms in total. The maximum absolute atomic E-state index is 12.6. The average Bonchev–Trinajstić information content (AvgIpc) is 2.97. The Hall–Kier alpha value is -0.0825. The van der Waals surface area contributed by atoms with Gasteiger partial charge in [0, 0.05) is 6.55 Å². The standard InChI is InChI=1S/C12H24O6Si4/c1-19-15-20(2)17-22(4,18-21(3)16-19)14-12(13)11-8-9-5-6-10(11)7-9/h5-6,9-11,19-21H,7-8H2,1-4H3. The van der Waals surface area contributed by atoms with Gasteiger partial charge in [0.05, 0.1) is 5.92 Å². The van der Waals surface area contributed by atoms with Gasteiger partial charge in [-0.3, -0.25) is 4.79 Å². The lowest BCUT2D eigenvalue weighted by Crippen LogP contribution is -2.56. The molecular weight excluding hydrogens is 352 g/mol. The van der Waals surface area contributed by atoms with Gasteiger partial charge in [-0.1, -0.05) is 12.2 Å². The largest absolute Gasteiger partial charge is 0.546 e. The smallest absolute Gasteiger partial charge is 0.474 e. The molecule has 0 spiro atoms. The van der Waals surface area contributed by atoms with E-state index in [1.807, 2.05) is 19.6 Å². The Kier molecular flexibility index (Phi) is 4.90. The van der Waals surface area contributed by atoms with Gasteiger partial charge in [-0.15, -0.1) is 0 Å². The normalized spacial score (nSPS) is 48.0. The van der Waals surface area contributed by atoms with Crippen LogP contribution in [0.4, 0.5) is 0 Å². The molecule has 2 aliphatic carbocycles. The van der Waals surface area contributed by atoms with E-state index in [-0.39, 0.29) is 11.9 Å². The average molecular weight is 377 g/mol. The first-order valence-corrected chi connectivity index (χ1v) is 16.4. The molecule has 3 aliphatic rings. The van der Waals surface area contributed by atoms with Gasteiger partial charge in [0.15, 0.2) is 0 Å². The predicted octanol–water partition coefficient (Wildman–Crippen LogP) is 0.941. The molecule has 0 aromatic carbocycles. The van der Waals surface area contributed by atoms with Crippen molar-refractivity contribution < 1.29 is 25.7 Å². The van der Waals surface area contributed by atoms with Crippen molar-refractivity contribution in [2.75, 3.05) is 0 Å². The molecule has 1 saturated heterocycles. The van der Waals surface area contributed by atoms with Gasteiger partial charge in [-0.05, 0) is 44.3 Å². The number of allylic oxidation sites excluding steroid dienone is 2. The molecule has 1 saturated carbocycles. The van der Waals surface area contributed by atoms with E-state index >= 15 is 0 Å². The third kappa shape index (κ3) is 3.70. The summed E-state index contributed by atoms with van der Waals surface area (Å²) in [4.78, 5) is 12.6. The molecule has 124 valence electrons. The fraction of sp³-hybridized carbons (Fsp3) is 0.750. The van der Waals surface area contributed by atoms with Crippen LogP contribution in [0.5, 0.6) is 0 Å². The maximum Gasteiger partial charge on any atom is 0.546 e. The molecule has 5 unspecified atom stereocenters. The van der Waals surface area contributed by atoms with E-state index in [9.17, 15) is 4.79 Å². The summed E-state index contributed by atoms with van der Waals surface area (Å²) < 4.78 is 29.4. The van der Waals surface area contributed by atoms with Crippen LogP contribution in [0.25, 0.3) is 0 Å². The van der Waals surface area contributed by atoms with Crippen molar-refractivity contribution in [3.8, 4) is 0 Å². The molecule has 0 aromatic rings. The van der Waals surface area contributed by atoms with E-state index in [1.54, 1.807) is 6.55 Å². The zero-order valence-corrected chi connectivity index (χ0v) is 17.9. The van der Waals surface area contributed by atoms with E-state index in [1.165, 1.54) is 0 Å². The molecule has 0 aromatic heterocycles. The van der Waals surface area contributed by atoms with E-state index in [0.717, 1.165) is 12.8 Å². The summed E-state index contributed by atoms with van der Waals surface area (Å²) in [5.74, 6) is 0.657. The third-order valence-electron chi connectivity index (χ3n) is 4.39. The van der Waals surface area contributed by atoms with Crippen molar-refractivity contribution in [1.82, 2.24) is 0 Å². The molecule has 5 atom stereocenters. The highest BCUT2D eigenvalue weighted by molar-refractivity contribution is 6.78. The number of rotatable bonds is 2. The zero-order valence-electron chi connectivity index (χ0n) is 13.5. The van der Waals surface area contributed by atoms with Crippen LogP contribution in [0, 0.1) is 17.8 Å². The van der Waals surface area contributed by atoms with Gasteiger partial charge < -0.3 is 20.9 Å². The molecule has 0 N–H and O–H groups in total. The van der Waals surface area contributed by atoms with Crippen LogP contribution >= 0.6 is 0 Å². The second kappa shape index (κ2) is 6.43. The van der Waals surface area contributed by atoms with Gasteiger partial charge in [-0.25, -0.2) is 0 Å². The number of carbonyl (C=O) groups is 1. The van der Waals surface area contributed by atoms with Crippen LogP contribution in [0.3, 0.4) is 0 Å². The Morgan fingerprint density at radius 1 is 1.09 bits per heavy atom. The Morgan fingerprint density at radius 3 is 2.23 bits per heavy atom. The van der Waals surface area contributed by atoms with E-state index in [0.29, 0.717) is 11.8 Å². The first-order valence-electron chi connectivity index (χ1n) is 7.92. The predicted molar refractivity (Wildman–Crippen MR) is 89.9 cm³/mol. The molecule has 2 fully saturated rings. The summed E-state index contributed by atoms with van der Waals surface area (Å²) in [6, 6.07) is 0. The van der Waals surface area contributed by atoms with E-state index in [2.05, 4.69) is 12.2 Å². The second-order valence-electron chi connectivity index (χ2n) is 6.38. The fourth-order valence-corrected chi connectivity index (χ4v) is 16.7. The molecule has 10 heteroatoms. The van der Waals surface area contributed by atoms with Crippen molar-refractivity contribution in [3.63, 3.8) is 0 Å². The van der Waals surface area contributed by atoms with Crippen LogP contribution in [0.1, 0.15) is 12.8 Å². The van der Waals surface area contributed by atoms with Crippen LogP contribution < -0.4 is 0 Å². The lowest BCUT2D eigenvalue weighted by Gasteiger charge is -2.36. The SMILES string of the molecule is C[SiH]1O[SiH](C)O[Si](C)(OC(=O)C2CC3C=CC2C3)O[SiH](C)O1. The first-order chi connectivity index (χ1) is 10.3. The van der Waals surface area contributed by atoms with Gasteiger partial charge >= 0.3 is 27.4 Å². The van der Waals surface area contributed by atoms with Gasteiger partial charge in [0.25, 0.3) is 15.3 Å². The van der Waals surface area contributed by atoms with Crippen molar-refractivity contribution in [3.05, 3.63) is 12.2 Å². The minimum Gasteiger partial charge on any atom is -0.474 e. The monoisotopic (exact) mass is 376 g/mol. The lowest BCUT2D eigenvalue weighted by molar-refractivity contribution is -0.143. The number of fused-ring (bicyclic) bond motifs is 2. The number of hydrogen-bond donors (Lipinski definition) is 0. The first kappa shape index (κ1) is 16.8. The van der Waals surface area contributed by atoms with E-state index < -0.39 is 36.7 Å². The zero-order chi connectivity index (χ0) is 15.9. The molecule has 0 radical (unpaired) electrons. The Bertz CT molecular complexity index is 461. The Balaban J connectivity index is 1.66. The highest BCUT2D eigenvalue weighted by Crippen LogP contribution is 2.44. The van der Waals surface area contributed by atoms with Gasteiger partial charge in [0.1, 0.15) is 0 Å². The Morgan fingerprint density at radius 2 is 1.73 bits per heavy atom. The minimum absolute atomic E-state index is 0.0407. The summed E-state index contributed by atoms with van der Waals surface area (Å²) in [6.45, 7) is 7.66. The summed E-state index contributed by atoms with van der Waals surface area (Å²) >= 11 is 0. The van der Waals surface area contributed by atoms with E-state index in [4.69, 9.17) is 20.9 Å². The number of hydrogen-bond acceptors (Lipinski definition) is 6. The van der Waals surface area contributed by atoms with Crippen molar-refractivity contribution >= 4 is 42.6 Å². The molecule has 22 heavy (non-hydrogen) atoms. The van der Waals surface area contributed by atoms with Gasteiger partial charge in [-0.2, -0.15) is 0 Å². The molecule has 2 bridgehead atoms. The van der Waals surface area contributed by atoms with Crippen LogP contribution in [-0.4, -0.2) is 42.6 Å². The molecule has 3 rings (SSSR count). The van der Waals surface area contributed by atoms with Gasteiger partial charge in [0.2, 0.25) is 0 Å². The lowest BCUT2D eigenvalue weighted by atomic mass is 9.94. The maximum atomic E-state index is 12.6. The molecule has 1 aliphatic heterocycles. The van der Waals surface area contributed by atoms with Crippen molar-refractivity contribution in [2.24, 2.45) is 17.8 Å². The van der Waals surface area contributed by atoms with Crippen LogP contribution in [0.2, 0.25) is 26.2 Å². The summed E-state index contributed by atoms with van der Waals surface area (Å²) in [7, 11) is -8.44. The molecular formula is C12H24O6Si4. The minimum atomic E-state index is -3.01. The Labute approximate surface area is 137 Å². The summed E-state index contributed by atoms with van der Waals surface area (Å²) in [5.41, 5.74) is 0. The third-order valence-corrected chi connectivity index (χ3v) is 17.2. The van der Waals surface area contributed by atoms with Crippen molar-refractivity contribution in [2.45, 2.75) is 39.0 Å². The topological polar surface area (TPSA) is 63.2 Å². The number of carbonyl (C=O) groups excluding carboxylic acids is 1. The summed E-state index contributed by atoms with van der Waals surface area (Å²) in [5, 5.41) is 0. The second-order valence-corrected chi connectivity index (χ2v) is 15.8.